The normalized spacial score (nSPS) is 16.2. The van der Waals surface area contributed by atoms with Crippen LogP contribution in [0.4, 0.5) is 0 Å². The second-order valence-electron chi connectivity index (χ2n) is 6.12. The first kappa shape index (κ1) is 18.8. The lowest BCUT2D eigenvalue weighted by Crippen LogP contribution is -2.39. The van der Waals surface area contributed by atoms with E-state index in [1.807, 2.05) is 12.1 Å². The van der Waals surface area contributed by atoms with E-state index in [0.29, 0.717) is 18.2 Å². The molecule has 1 fully saturated rings. The molecule has 0 radical (unpaired) electrons. The van der Waals surface area contributed by atoms with Gasteiger partial charge in [0.25, 0.3) is 5.91 Å². The molecule has 24 heavy (non-hydrogen) atoms. The van der Waals surface area contributed by atoms with Crippen LogP contribution < -0.4 is 10.1 Å². The summed E-state index contributed by atoms with van der Waals surface area (Å²) < 4.78 is 11.4. The molecule has 1 aromatic rings. The highest BCUT2D eigenvalue weighted by atomic mass is 79.9. The van der Waals surface area contributed by atoms with E-state index in [2.05, 4.69) is 21.2 Å². The van der Waals surface area contributed by atoms with Gasteiger partial charge in [-0.05, 0) is 49.9 Å². The summed E-state index contributed by atoms with van der Waals surface area (Å²) in [5.41, 5.74) is 0. The predicted molar refractivity (Wildman–Crippen MR) is 94.8 cm³/mol. The third-order valence-corrected chi connectivity index (χ3v) is 4.67. The molecule has 1 atom stereocenters. The van der Waals surface area contributed by atoms with E-state index in [-0.39, 0.29) is 12.5 Å². The smallest absolute Gasteiger partial charge is 0.344 e. The average Bonchev–Trinajstić information content (AvgIpc) is 2.60. The lowest BCUT2D eigenvalue weighted by Gasteiger charge is -2.22. The van der Waals surface area contributed by atoms with Crippen molar-refractivity contribution in [2.45, 2.75) is 45.1 Å². The van der Waals surface area contributed by atoms with Gasteiger partial charge in [0.1, 0.15) is 5.75 Å². The van der Waals surface area contributed by atoms with Crippen molar-refractivity contribution in [2.24, 2.45) is 5.92 Å². The minimum Gasteiger partial charge on any atom is -0.482 e. The first-order valence-corrected chi connectivity index (χ1v) is 9.19. The summed E-state index contributed by atoms with van der Waals surface area (Å²) in [5, 5.41) is 2.88. The third-order valence-electron chi connectivity index (χ3n) is 4.14. The second-order valence-corrected chi connectivity index (χ2v) is 7.04. The van der Waals surface area contributed by atoms with Crippen molar-refractivity contribution in [3.05, 3.63) is 28.7 Å². The van der Waals surface area contributed by atoms with E-state index in [4.69, 9.17) is 9.47 Å². The van der Waals surface area contributed by atoms with Crippen LogP contribution in [0.25, 0.3) is 0 Å². The van der Waals surface area contributed by atoms with Crippen LogP contribution in [0.1, 0.15) is 39.0 Å². The molecular weight excluding hydrogens is 374 g/mol. The Hall–Kier alpha value is -1.56. The molecule has 0 heterocycles. The quantitative estimate of drug-likeness (QED) is 0.715. The highest BCUT2D eigenvalue weighted by Crippen LogP contribution is 2.22. The molecule has 1 aliphatic rings. The van der Waals surface area contributed by atoms with Gasteiger partial charge in [-0.15, -0.1) is 0 Å². The maximum absolute atomic E-state index is 12.0. The average molecular weight is 398 g/mol. The van der Waals surface area contributed by atoms with Crippen LogP contribution in [0.3, 0.4) is 0 Å². The largest absolute Gasteiger partial charge is 0.482 e. The van der Waals surface area contributed by atoms with Crippen molar-refractivity contribution in [3.8, 4) is 5.75 Å². The molecule has 0 aromatic heterocycles. The summed E-state index contributed by atoms with van der Waals surface area (Å²) >= 11 is 3.33. The predicted octanol–water partition coefficient (Wildman–Crippen LogP) is 3.46. The molecule has 0 saturated heterocycles. The lowest BCUT2D eigenvalue weighted by atomic mass is 9.89. The van der Waals surface area contributed by atoms with Crippen LogP contribution in [0, 0.1) is 5.92 Å². The molecule has 1 aromatic carbocycles. The molecule has 0 aliphatic heterocycles. The maximum atomic E-state index is 12.0. The number of amides is 1. The molecule has 6 heteroatoms. The van der Waals surface area contributed by atoms with Crippen molar-refractivity contribution in [2.75, 3.05) is 13.2 Å². The van der Waals surface area contributed by atoms with Gasteiger partial charge in [0, 0.05) is 11.0 Å². The minimum atomic E-state index is -0.811. The Kier molecular flexibility index (Phi) is 7.56. The summed E-state index contributed by atoms with van der Waals surface area (Å²) in [4.78, 5) is 23.8. The van der Waals surface area contributed by atoms with Crippen LogP contribution >= 0.6 is 15.9 Å². The van der Waals surface area contributed by atoms with Crippen LogP contribution in [0.5, 0.6) is 5.75 Å². The van der Waals surface area contributed by atoms with Crippen molar-refractivity contribution in [3.63, 3.8) is 0 Å². The van der Waals surface area contributed by atoms with Crippen molar-refractivity contribution in [1.29, 1.82) is 0 Å². The number of hydrogen-bond acceptors (Lipinski definition) is 4. The molecule has 1 saturated carbocycles. The van der Waals surface area contributed by atoms with Gasteiger partial charge >= 0.3 is 5.97 Å². The van der Waals surface area contributed by atoms with E-state index in [9.17, 15) is 9.59 Å². The van der Waals surface area contributed by atoms with Crippen LogP contribution in [-0.4, -0.2) is 31.1 Å². The van der Waals surface area contributed by atoms with Gasteiger partial charge in [0.2, 0.25) is 0 Å². The van der Waals surface area contributed by atoms with E-state index >= 15 is 0 Å². The fraction of sp³-hybridized carbons (Fsp3) is 0.556. The Bertz CT molecular complexity index is 540. The molecule has 5 nitrogen and oxygen atoms in total. The van der Waals surface area contributed by atoms with Crippen LogP contribution in [-0.2, 0) is 14.3 Å². The summed E-state index contributed by atoms with van der Waals surface area (Å²) in [6.07, 6.45) is 5.27. The molecular formula is C18H24BrNO4. The van der Waals surface area contributed by atoms with Gasteiger partial charge in [-0.1, -0.05) is 35.2 Å². The number of hydrogen-bond donors (Lipinski definition) is 1. The fourth-order valence-corrected chi connectivity index (χ4v) is 3.00. The number of ether oxygens (including phenoxy) is 2. The number of carbonyl (C=O) groups is 2. The SMILES string of the molecule is C[C@H](OC(=O)COc1ccc(Br)cc1)C(=O)NCC1CCCCC1. The Balaban J connectivity index is 1.66. The topological polar surface area (TPSA) is 64.6 Å². The summed E-state index contributed by atoms with van der Waals surface area (Å²) in [7, 11) is 0. The number of benzene rings is 1. The highest BCUT2D eigenvalue weighted by Gasteiger charge is 2.20. The number of carbonyl (C=O) groups excluding carboxylic acids is 2. The van der Waals surface area contributed by atoms with Crippen LogP contribution in [0.2, 0.25) is 0 Å². The zero-order valence-corrected chi connectivity index (χ0v) is 15.5. The Morgan fingerprint density at radius 2 is 1.88 bits per heavy atom. The second kappa shape index (κ2) is 9.67. The Morgan fingerprint density at radius 1 is 1.21 bits per heavy atom. The standard InChI is InChI=1S/C18H24BrNO4/c1-13(18(22)20-11-14-5-3-2-4-6-14)24-17(21)12-23-16-9-7-15(19)8-10-16/h7-10,13-14H,2-6,11-12H2,1H3,(H,20,22)/t13-/m0/s1. The van der Waals surface area contributed by atoms with Crippen molar-refractivity contribution >= 4 is 27.8 Å². The Morgan fingerprint density at radius 3 is 2.54 bits per heavy atom. The molecule has 132 valence electrons. The molecule has 1 aliphatic carbocycles. The molecule has 0 bridgehead atoms. The van der Waals surface area contributed by atoms with E-state index in [0.717, 1.165) is 17.3 Å². The van der Waals surface area contributed by atoms with Crippen molar-refractivity contribution in [1.82, 2.24) is 5.32 Å². The highest BCUT2D eigenvalue weighted by molar-refractivity contribution is 9.10. The maximum Gasteiger partial charge on any atom is 0.344 e. The third kappa shape index (κ3) is 6.51. The van der Waals surface area contributed by atoms with Crippen LogP contribution in [0.15, 0.2) is 28.7 Å². The van der Waals surface area contributed by atoms with E-state index in [1.165, 1.54) is 19.3 Å². The summed E-state index contributed by atoms with van der Waals surface area (Å²) in [6, 6.07) is 7.14. The molecule has 0 spiro atoms. The first-order valence-electron chi connectivity index (χ1n) is 8.40. The van der Waals surface area contributed by atoms with E-state index in [1.54, 1.807) is 19.1 Å². The van der Waals surface area contributed by atoms with Gasteiger partial charge < -0.3 is 14.8 Å². The van der Waals surface area contributed by atoms with Gasteiger partial charge in [0.05, 0.1) is 0 Å². The van der Waals surface area contributed by atoms with Gasteiger partial charge in [-0.2, -0.15) is 0 Å². The minimum absolute atomic E-state index is 0.220. The van der Waals surface area contributed by atoms with E-state index < -0.39 is 12.1 Å². The number of nitrogens with one attached hydrogen (secondary N) is 1. The molecule has 1 amide bonds. The fourth-order valence-electron chi connectivity index (χ4n) is 2.74. The zero-order chi connectivity index (χ0) is 17.4. The lowest BCUT2D eigenvalue weighted by molar-refractivity contribution is -0.156. The number of esters is 1. The number of halogens is 1. The zero-order valence-electron chi connectivity index (χ0n) is 13.9. The van der Waals surface area contributed by atoms with Gasteiger partial charge in [-0.25, -0.2) is 4.79 Å². The monoisotopic (exact) mass is 397 g/mol. The molecule has 1 N–H and O–H groups in total. The first-order chi connectivity index (χ1) is 11.5. The summed E-state index contributed by atoms with van der Waals surface area (Å²) in [6.45, 7) is 2.02. The Labute approximate surface area is 151 Å². The van der Waals surface area contributed by atoms with Gasteiger partial charge in [-0.3, -0.25) is 4.79 Å². The molecule has 2 rings (SSSR count). The molecule has 0 unspecified atom stereocenters. The van der Waals surface area contributed by atoms with Crippen molar-refractivity contribution < 1.29 is 19.1 Å². The summed E-state index contributed by atoms with van der Waals surface area (Å²) in [5.74, 6) is 0.312. The number of rotatable bonds is 7. The van der Waals surface area contributed by atoms with Gasteiger partial charge in [0.15, 0.2) is 12.7 Å².